The molecule has 0 aromatic heterocycles. The molecule has 0 amide bonds. The number of hydrogen-bond acceptors (Lipinski definition) is 3. The second kappa shape index (κ2) is 6.20. The van der Waals surface area contributed by atoms with Gasteiger partial charge >= 0.3 is 0 Å². The van der Waals surface area contributed by atoms with E-state index < -0.39 is 10.0 Å². The van der Waals surface area contributed by atoms with Crippen LogP contribution in [0.15, 0.2) is 18.2 Å². The first-order chi connectivity index (χ1) is 8.36. The Morgan fingerprint density at radius 3 is 2.56 bits per heavy atom. The van der Waals surface area contributed by atoms with Crippen LogP contribution in [0.4, 0.5) is 5.69 Å². The molecule has 5 heteroatoms. The SMILES string of the molecule is CCCNCc1cc(C)ccc1N(C)S(C)(=O)=O. The van der Waals surface area contributed by atoms with Gasteiger partial charge in [0.15, 0.2) is 0 Å². The molecule has 0 unspecified atom stereocenters. The number of aryl methyl sites for hydroxylation is 1. The molecule has 0 atom stereocenters. The Hall–Kier alpha value is -1.07. The summed E-state index contributed by atoms with van der Waals surface area (Å²) in [5.41, 5.74) is 2.89. The van der Waals surface area contributed by atoms with E-state index in [1.165, 1.54) is 10.6 Å². The fraction of sp³-hybridized carbons (Fsp3) is 0.538. The highest BCUT2D eigenvalue weighted by molar-refractivity contribution is 7.92. The maximum Gasteiger partial charge on any atom is 0.232 e. The van der Waals surface area contributed by atoms with Crippen LogP contribution in [-0.4, -0.2) is 28.3 Å². The largest absolute Gasteiger partial charge is 0.313 e. The molecule has 0 spiro atoms. The molecule has 102 valence electrons. The number of nitrogens with zero attached hydrogens (tertiary/aromatic N) is 1. The second-order valence-electron chi connectivity index (χ2n) is 4.54. The molecule has 0 aliphatic carbocycles. The number of sulfonamides is 1. The number of benzene rings is 1. The average molecular weight is 270 g/mol. The highest BCUT2D eigenvalue weighted by Crippen LogP contribution is 2.22. The topological polar surface area (TPSA) is 49.4 Å². The summed E-state index contributed by atoms with van der Waals surface area (Å²) < 4.78 is 24.5. The Morgan fingerprint density at radius 2 is 2.00 bits per heavy atom. The van der Waals surface area contributed by atoms with Crippen LogP contribution >= 0.6 is 0 Å². The fourth-order valence-corrected chi connectivity index (χ4v) is 2.28. The van der Waals surface area contributed by atoms with Crippen molar-refractivity contribution in [3.8, 4) is 0 Å². The molecule has 1 aromatic carbocycles. The molecule has 0 heterocycles. The van der Waals surface area contributed by atoms with E-state index in [4.69, 9.17) is 0 Å². The summed E-state index contributed by atoms with van der Waals surface area (Å²) in [5, 5.41) is 3.30. The Kier molecular flexibility index (Phi) is 5.16. The van der Waals surface area contributed by atoms with Gasteiger partial charge in [0.1, 0.15) is 0 Å². The fourth-order valence-electron chi connectivity index (χ4n) is 1.74. The Balaban J connectivity index is 3.03. The molecule has 1 rings (SSSR count). The van der Waals surface area contributed by atoms with Crippen molar-refractivity contribution in [2.24, 2.45) is 0 Å². The molecule has 18 heavy (non-hydrogen) atoms. The molecule has 4 nitrogen and oxygen atoms in total. The summed E-state index contributed by atoms with van der Waals surface area (Å²) in [7, 11) is -1.63. The van der Waals surface area contributed by atoms with Gasteiger partial charge in [0.05, 0.1) is 11.9 Å². The molecule has 1 aromatic rings. The van der Waals surface area contributed by atoms with E-state index in [0.29, 0.717) is 6.54 Å². The van der Waals surface area contributed by atoms with Gasteiger partial charge < -0.3 is 5.32 Å². The molecular weight excluding hydrogens is 248 g/mol. The van der Waals surface area contributed by atoms with Gasteiger partial charge in [-0.3, -0.25) is 4.31 Å². The lowest BCUT2D eigenvalue weighted by molar-refractivity contribution is 0.599. The van der Waals surface area contributed by atoms with Crippen LogP contribution in [0.5, 0.6) is 0 Å². The molecule has 0 aliphatic heterocycles. The number of hydrogen-bond donors (Lipinski definition) is 1. The molecule has 0 saturated carbocycles. The maximum atomic E-state index is 11.6. The summed E-state index contributed by atoms with van der Waals surface area (Å²) in [5.74, 6) is 0. The predicted octanol–water partition coefficient (Wildman–Crippen LogP) is 1.89. The molecular formula is C13H22N2O2S. The zero-order valence-corrected chi connectivity index (χ0v) is 12.3. The van der Waals surface area contributed by atoms with Crippen molar-refractivity contribution in [1.82, 2.24) is 5.32 Å². The van der Waals surface area contributed by atoms with Crippen molar-refractivity contribution in [3.63, 3.8) is 0 Å². The summed E-state index contributed by atoms with van der Waals surface area (Å²) in [4.78, 5) is 0. The third kappa shape index (κ3) is 3.99. The van der Waals surface area contributed by atoms with E-state index >= 15 is 0 Å². The lowest BCUT2D eigenvalue weighted by Crippen LogP contribution is -2.27. The number of anilines is 1. The van der Waals surface area contributed by atoms with Crippen LogP contribution in [0.3, 0.4) is 0 Å². The number of nitrogens with one attached hydrogen (secondary N) is 1. The smallest absolute Gasteiger partial charge is 0.232 e. The molecule has 1 N–H and O–H groups in total. The molecule has 0 fully saturated rings. The van der Waals surface area contributed by atoms with E-state index in [1.54, 1.807) is 7.05 Å². The van der Waals surface area contributed by atoms with Gasteiger partial charge in [-0.2, -0.15) is 0 Å². The van der Waals surface area contributed by atoms with Gasteiger partial charge in [-0.25, -0.2) is 8.42 Å². The lowest BCUT2D eigenvalue weighted by Gasteiger charge is -2.21. The Morgan fingerprint density at radius 1 is 1.33 bits per heavy atom. The summed E-state index contributed by atoms with van der Waals surface area (Å²) in [6, 6.07) is 5.82. The second-order valence-corrected chi connectivity index (χ2v) is 6.55. The van der Waals surface area contributed by atoms with Gasteiger partial charge in [0.2, 0.25) is 10.0 Å². The standard InChI is InChI=1S/C13H22N2O2S/c1-5-8-14-10-12-9-11(2)6-7-13(12)15(3)18(4,16)17/h6-7,9,14H,5,8,10H2,1-4H3. The molecule has 0 bridgehead atoms. The van der Waals surface area contributed by atoms with Gasteiger partial charge in [0, 0.05) is 13.6 Å². The lowest BCUT2D eigenvalue weighted by atomic mass is 10.1. The van der Waals surface area contributed by atoms with Crippen molar-refractivity contribution < 1.29 is 8.42 Å². The molecule has 0 radical (unpaired) electrons. The van der Waals surface area contributed by atoms with Crippen molar-refractivity contribution >= 4 is 15.7 Å². The first-order valence-corrected chi connectivity index (χ1v) is 7.95. The van der Waals surface area contributed by atoms with Crippen molar-refractivity contribution in [2.75, 3.05) is 24.2 Å². The van der Waals surface area contributed by atoms with Gasteiger partial charge in [-0.1, -0.05) is 24.6 Å². The van der Waals surface area contributed by atoms with Crippen LogP contribution in [-0.2, 0) is 16.6 Å². The minimum absolute atomic E-state index is 0.685. The summed E-state index contributed by atoms with van der Waals surface area (Å²) in [6.45, 7) is 5.72. The monoisotopic (exact) mass is 270 g/mol. The van der Waals surface area contributed by atoms with Crippen LogP contribution in [0, 0.1) is 6.92 Å². The van der Waals surface area contributed by atoms with Gasteiger partial charge in [-0.05, 0) is 31.5 Å². The van der Waals surface area contributed by atoms with Gasteiger partial charge in [0.25, 0.3) is 0 Å². The third-order valence-corrected chi connectivity index (χ3v) is 4.01. The van der Waals surface area contributed by atoms with E-state index in [-0.39, 0.29) is 0 Å². The molecule has 0 aliphatic rings. The van der Waals surface area contributed by atoms with E-state index in [9.17, 15) is 8.42 Å². The number of rotatable bonds is 6. The van der Waals surface area contributed by atoms with E-state index in [2.05, 4.69) is 12.2 Å². The average Bonchev–Trinajstić information content (AvgIpc) is 2.27. The first kappa shape index (κ1) is 15.0. The molecule has 0 saturated heterocycles. The van der Waals surface area contributed by atoms with Crippen molar-refractivity contribution in [2.45, 2.75) is 26.8 Å². The highest BCUT2D eigenvalue weighted by Gasteiger charge is 2.15. The highest BCUT2D eigenvalue weighted by atomic mass is 32.2. The zero-order chi connectivity index (χ0) is 13.8. The van der Waals surface area contributed by atoms with Gasteiger partial charge in [-0.15, -0.1) is 0 Å². The first-order valence-electron chi connectivity index (χ1n) is 6.10. The van der Waals surface area contributed by atoms with E-state index in [1.807, 2.05) is 25.1 Å². The van der Waals surface area contributed by atoms with Crippen LogP contribution < -0.4 is 9.62 Å². The minimum atomic E-state index is -3.22. The predicted molar refractivity (Wildman–Crippen MR) is 76.4 cm³/mol. The van der Waals surface area contributed by atoms with Crippen molar-refractivity contribution in [1.29, 1.82) is 0 Å². The minimum Gasteiger partial charge on any atom is -0.313 e. The summed E-state index contributed by atoms with van der Waals surface area (Å²) in [6.07, 6.45) is 2.28. The van der Waals surface area contributed by atoms with Crippen LogP contribution in [0.25, 0.3) is 0 Å². The van der Waals surface area contributed by atoms with Crippen molar-refractivity contribution in [3.05, 3.63) is 29.3 Å². The third-order valence-electron chi connectivity index (χ3n) is 2.81. The maximum absolute atomic E-state index is 11.6. The van der Waals surface area contributed by atoms with E-state index in [0.717, 1.165) is 29.8 Å². The van der Waals surface area contributed by atoms with Crippen LogP contribution in [0.1, 0.15) is 24.5 Å². The Bertz CT molecular complexity index is 498. The zero-order valence-electron chi connectivity index (χ0n) is 11.5. The Labute approximate surface area is 110 Å². The summed E-state index contributed by atoms with van der Waals surface area (Å²) >= 11 is 0. The normalized spacial score (nSPS) is 11.6. The quantitative estimate of drug-likeness (QED) is 0.803. The van der Waals surface area contributed by atoms with Crippen LogP contribution in [0.2, 0.25) is 0 Å².